The van der Waals surface area contributed by atoms with Gasteiger partial charge in [0, 0.05) is 26.2 Å². The second-order valence-electron chi connectivity index (χ2n) is 9.20. The Morgan fingerprint density at radius 3 is 2.48 bits per heavy atom. The zero-order chi connectivity index (χ0) is 23.2. The summed E-state index contributed by atoms with van der Waals surface area (Å²) < 4.78 is 25.8. The lowest BCUT2D eigenvalue weighted by atomic mass is 10.0. The SMILES string of the molecule is Cc1nn(C2CCS(=O)(=O)C2)c(C)c1N1CCN(C(=O)Cc2cccc3ccccc23)CC1. The van der Waals surface area contributed by atoms with Crippen LogP contribution in [0.15, 0.2) is 42.5 Å². The highest BCUT2D eigenvalue weighted by Gasteiger charge is 2.33. The van der Waals surface area contributed by atoms with Crippen LogP contribution in [0, 0.1) is 13.8 Å². The predicted octanol–water partition coefficient (Wildman–Crippen LogP) is 2.90. The maximum absolute atomic E-state index is 13.1. The van der Waals surface area contributed by atoms with E-state index in [1.165, 1.54) is 0 Å². The van der Waals surface area contributed by atoms with Crippen molar-refractivity contribution in [2.75, 3.05) is 42.6 Å². The van der Waals surface area contributed by atoms with Gasteiger partial charge in [-0.15, -0.1) is 0 Å². The largest absolute Gasteiger partial charge is 0.365 e. The molecule has 1 aromatic heterocycles. The number of rotatable bonds is 4. The van der Waals surface area contributed by atoms with Gasteiger partial charge >= 0.3 is 0 Å². The molecule has 0 spiro atoms. The van der Waals surface area contributed by atoms with Gasteiger partial charge in [-0.2, -0.15) is 5.10 Å². The summed E-state index contributed by atoms with van der Waals surface area (Å²) in [6.45, 7) is 6.85. The van der Waals surface area contributed by atoms with Gasteiger partial charge in [0.2, 0.25) is 5.91 Å². The average molecular weight is 467 g/mol. The van der Waals surface area contributed by atoms with Crippen molar-refractivity contribution in [3.63, 3.8) is 0 Å². The number of carbonyl (C=O) groups excluding carboxylic acids is 1. The van der Waals surface area contributed by atoms with Crippen molar-refractivity contribution in [2.24, 2.45) is 0 Å². The Labute approximate surface area is 194 Å². The summed E-state index contributed by atoms with van der Waals surface area (Å²) in [7, 11) is -2.96. The fourth-order valence-electron chi connectivity index (χ4n) is 5.34. The first-order valence-corrected chi connectivity index (χ1v) is 13.4. The molecule has 1 amide bonds. The number of aryl methyl sites for hydroxylation is 1. The zero-order valence-corrected chi connectivity index (χ0v) is 20.0. The molecule has 0 bridgehead atoms. The lowest BCUT2D eigenvalue weighted by Gasteiger charge is -2.36. The standard InChI is InChI=1S/C25H30N4O3S/c1-18-25(19(2)29(26-18)22-10-15-33(31,32)17-22)28-13-11-27(12-14-28)24(30)16-21-8-5-7-20-6-3-4-9-23(20)21/h3-9,22H,10-17H2,1-2H3. The molecule has 2 aromatic carbocycles. The first kappa shape index (κ1) is 21.9. The van der Waals surface area contributed by atoms with Crippen LogP contribution in [0.25, 0.3) is 10.8 Å². The van der Waals surface area contributed by atoms with Crippen LogP contribution in [-0.4, -0.2) is 66.7 Å². The minimum Gasteiger partial charge on any atom is -0.365 e. The normalized spacial score (nSPS) is 20.5. The zero-order valence-electron chi connectivity index (χ0n) is 19.2. The molecule has 3 aromatic rings. The summed E-state index contributed by atoms with van der Waals surface area (Å²) in [6.07, 6.45) is 1.04. The molecule has 1 unspecified atom stereocenters. The van der Waals surface area contributed by atoms with Crippen molar-refractivity contribution >= 4 is 32.2 Å². The molecule has 2 aliphatic heterocycles. The maximum atomic E-state index is 13.1. The minimum absolute atomic E-state index is 0.0778. The van der Waals surface area contributed by atoms with Crippen LogP contribution < -0.4 is 4.90 Å². The van der Waals surface area contributed by atoms with Crippen molar-refractivity contribution in [1.82, 2.24) is 14.7 Å². The predicted molar refractivity (Wildman–Crippen MR) is 130 cm³/mol. The third kappa shape index (κ3) is 4.24. The Balaban J connectivity index is 1.26. The Morgan fingerprint density at radius 2 is 1.76 bits per heavy atom. The van der Waals surface area contributed by atoms with Gasteiger partial charge in [0.15, 0.2) is 9.84 Å². The second-order valence-corrected chi connectivity index (χ2v) is 11.4. The molecule has 174 valence electrons. The molecule has 8 heteroatoms. The van der Waals surface area contributed by atoms with E-state index >= 15 is 0 Å². The van der Waals surface area contributed by atoms with Gasteiger partial charge in [0.05, 0.1) is 41.0 Å². The van der Waals surface area contributed by atoms with Crippen LogP contribution in [0.2, 0.25) is 0 Å². The molecule has 5 rings (SSSR count). The van der Waals surface area contributed by atoms with E-state index in [0.717, 1.165) is 46.5 Å². The van der Waals surface area contributed by atoms with E-state index in [1.54, 1.807) is 0 Å². The van der Waals surface area contributed by atoms with Crippen molar-refractivity contribution < 1.29 is 13.2 Å². The maximum Gasteiger partial charge on any atom is 0.227 e. The van der Waals surface area contributed by atoms with E-state index in [-0.39, 0.29) is 23.5 Å². The third-order valence-electron chi connectivity index (χ3n) is 7.01. The quantitative estimate of drug-likeness (QED) is 0.591. The van der Waals surface area contributed by atoms with Crippen LogP contribution in [-0.2, 0) is 21.1 Å². The molecule has 33 heavy (non-hydrogen) atoms. The smallest absolute Gasteiger partial charge is 0.227 e. The summed E-state index contributed by atoms with van der Waals surface area (Å²) in [4.78, 5) is 17.3. The number of amides is 1. The van der Waals surface area contributed by atoms with E-state index in [0.29, 0.717) is 25.9 Å². The molecule has 1 atom stereocenters. The average Bonchev–Trinajstić information content (AvgIpc) is 3.31. The molecule has 2 saturated heterocycles. The van der Waals surface area contributed by atoms with Gasteiger partial charge in [-0.25, -0.2) is 8.42 Å². The molecule has 2 fully saturated rings. The van der Waals surface area contributed by atoms with Crippen molar-refractivity contribution in [1.29, 1.82) is 0 Å². The second kappa shape index (κ2) is 8.48. The molecular formula is C25H30N4O3S. The molecule has 0 saturated carbocycles. The molecule has 0 aliphatic carbocycles. The first-order valence-electron chi connectivity index (χ1n) is 11.6. The molecule has 7 nitrogen and oxygen atoms in total. The number of sulfone groups is 1. The molecule has 0 N–H and O–H groups in total. The van der Waals surface area contributed by atoms with E-state index < -0.39 is 9.84 Å². The Bertz CT molecular complexity index is 1300. The minimum atomic E-state index is -2.96. The van der Waals surface area contributed by atoms with E-state index in [4.69, 9.17) is 5.10 Å². The summed E-state index contributed by atoms with van der Waals surface area (Å²) in [5.41, 5.74) is 4.10. The van der Waals surface area contributed by atoms with Crippen molar-refractivity contribution in [2.45, 2.75) is 32.7 Å². The Hall–Kier alpha value is -2.87. The van der Waals surface area contributed by atoms with Gasteiger partial charge in [-0.3, -0.25) is 9.48 Å². The molecular weight excluding hydrogens is 436 g/mol. The lowest BCUT2D eigenvalue weighted by molar-refractivity contribution is -0.130. The highest BCUT2D eigenvalue weighted by atomic mass is 32.2. The summed E-state index contributed by atoms with van der Waals surface area (Å²) >= 11 is 0. The fraction of sp³-hybridized carbons (Fsp3) is 0.440. The number of benzene rings is 2. The number of carbonyl (C=O) groups is 1. The molecule has 2 aliphatic rings. The summed E-state index contributed by atoms with van der Waals surface area (Å²) in [5.74, 6) is 0.569. The van der Waals surface area contributed by atoms with Crippen LogP contribution in [0.4, 0.5) is 5.69 Å². The number of piperazine rings is 1. The Kier molecular flexibility index (Phi) is 5.64. The molecule has 0 radical (unpaired) electrons. The van der Waals surface area contributed by atoms with E-state index in [2.05, 4.69) is 23.1 Å². The first-order chi connectivity index (χ1) is 15.8. The number of aromatic nitrogens is 2. The van der Waals surface area contributed by atoms with Crippen molar-refractivity contribution in [3.8, 4) is 0 Å². The lowest BCUT2D eigenvalue weighted by Crippen LogP contribution is -2.49. The Morgan fingerprint density at radius 1 is 1.03 bits per heavy atom. The summed E-state index contributed by atoms with van der Waals surface area (Å²) in [6, 6.07) is 14.2. The number of nitrogens with zero attached hydrogens (tertiary/aromatic N) is 4. The number of anilines is 1. The summed E-state index contributed by atoms with van der Waals surface area (Å²) in [5, 5.41) is 7.00. The number of fused-ring (bicyclic) bond motifs is 1. The fourth-order valence-corrected chi connectivity index (χ4v) is 7.03. The van der Waals surface area contributed by atoms with Gasteiger partial charge in [0.1, 0.15) is 0 Å². The van der Waals surface area contributed by atoms with Crippen LogP contribution in [0.3, 0.4) is 0 Å². The number of hydrogen-bond donors (Lipinski definition) is 0. The van der Waals surface area contributed by atoms with Gasteiger partial charge in [0.25, 0.3) is 0 Å². The van der Waals surface area contributed by atoms with Crippen LogP contribution >= 0.6 is 0 Å². The highest BCUT2D eigenvalue weighted by molar-refractivity contribution is 7.91. The van der Waals surface area contributed by atoms with Gasteiger partial charge in [-0.05, 0) is 36.6 Å². The van der Waals surface area contributed by atoms with Crippen LogP contribution in [0.5, 0.6) is 0 Å². The topological polar surface area (TPSA) is 75.5 Å². The number of hydrogen-bond acceptors (Lipinski definition) is 5. The van der Waals surface area contributed by atoms with Gasteiger partial charge < -0.3 is 9.80 Å². The monoisotopic (exact) mass is 466 g/mol. The molecule has 3 heterocycles. The van der Waals surface area contributed by atoms with Crippen molar-refractivity contribution in [3.05, 3.63) is 59.4 Å². The highest BCUT2D eigenvalue weighted by Crippen LogP contribution is 2.32. The van der Waals surface area contributed by atoms with E-state index in [9.17, 15) is 13.2 Å². The van der Waals surface area contributed by atoms with E-state index in [1.807, 2.05) is 47.7 Å². The third-order valence-corrected chi connectivity index (χ3v) is 8.76. The van der Waals surface area contributed by atoms with Gasteiger partial charge in [-0.1, -0.05) is 42.5 Å². The van der Waals surface area contributed by atoms with Crippen LogP contribution in [0.1, 0.15) is 29.4 Å².